The van der Waals surface area contributed by atoms with E-state index in [9.17, 15) is 13.6 Å². The standard InChI is InChI=1S/C11H7F2N3O/c12-8-6-14-3-2-9(8)16-11(17)7-1-4-15-10(13)5-7/h1-6H,(H,14,16,17). The van der Waals surface area contributed by atoms with Crippen LogP contribution in [0.1, 0.15) is 10.4 Å². The summed E-state index contributed by atoms with van der Waals surface area (Å²) in [5.74, 6) is -2.04. The smallest absolute Gasteiger partial charge is 0.255 e. The molecular formula is C11H7F2N3O. The van der Waals surface area contributed by atoms with E-state index >= 15 is 0 Å². The van der Waals surface area contributed by atoms with E-state index < -0.39 is 17.7 Å². The Hall–Kier alpha value is -2.37. The molecule has 4 nitrogen and oxygen atoms in total. The van der Waals surface area contributed by atoms with Crippen molar-refractivity contribution >= 4 is 11.6 Å². The normalized spacial score (nSPS) is 10.0. The third-order valence-corrected chi connectivity index (χ3v) is 2.01. The number of hydrogen-bond donors (Lipinski definition) is 1. The van der Waals surface area contributed by atoms with Crippen molar-refractivity contribution < 1.29 is 13.6 Å². The molecule has 0 aromatic carbocycles. The second-order valence-corrected chi connectivity index (χ2v) is 3.18. The summed E-state index contributed by atoms with van der Waals surface area (Å²) >= 11 is 0. The van der Waals surface area contributed by atoms with Crippen LogP contribution in [-0.4, -0.2) is 15.9 Å². The molecular weight excluding hydrogens is 228 g/mol. The van der Waals surface area contributed by atoms with Gasteiger partial charge in [-0.2, -0.15) is 4.39 Å². The molecule has 0 unspecified atom stereocenters. The summed E-state index contributed by atoms with van der Waals surface area (Å²) < 4.78 is 26.0. The van der Waals surface area contributed by atoms with Crippen LogP contribution in [0.25, 0.3) is 0 Å². The maximum absolute atomic E-state index is 13.2. The lowest BCUT2D eigenvalue weighted by Crippen LogP contribution is -2.13. The van der Waals surface area contributed by atoms with Gasteiger partial charge in [0.2, 0.25) is 5.95 Å². The van der Waals surface area contributed by atoms with Crippen LogP contribution in [-0.2, 0) is 0 Å². The van der Waals surface area contributed by atoms with E-state index in [-0.39, 0.29) is 11.3 Å². The molecule has 2 heterocycles. The number of nitrogens with one attached hydrogen (secondary N) is 1. The molecule has 0 saturated heterocycles. The minimum absolute atomic E-state index is 0.0118. The minimum Gasteiger partial charge on any atom is -0.319 e. The van der Waals surface area contributed by atoms with Gasteiger partial charge >= 0.3 is 0 Å². The maximum Gasteiger partial charge on any atom is 0.255 e. The fraction of sp³-hybridized carbons (Fsp3) is 0. The summed E-state index contributed by atoms with van der Waals surface area (Å²) in [4.78, 5) is 18.5. The Morgan fingerprint density at radius 3 is 2.76 bits per heavy atom. The van der Waals surface area contributed by atoms with Crippen molar-refractivity contribution in [2.45, 2.75) is 0 Å². The Kier molecular flexibility index (Phi) is 3.04. The van der Waals surface area contributed by atoms with Crippen LogP contribution in [0, 0.1) is 11.8 Å². The molecule has 0 aliphatic carbocycles. The van der Waals surface area contributed by atoms with Crippen LogP contribution in [0.2, 0.25) is 0 Å². The van der Waals surface area contributed by atoms with Crippen molar-refractivity contribution in [2.75, 3.05) is 5.32 Å². The second-order valence-electron chi connectivity index (χ2n) is 3.18. The predicted molar refractivity (Wildman–Crippen MR) is 56.3 cm³/mol. The van der Waals surface area contributed by atoms with E-state index in [0.29, 0.717) is 0 Å². The third-order valence-electron chi connectivity index (χ3n) is 2.01. The highest BCUT2D eigenvalue weighted by Gasteiger charge is 2.09. The Morgan fingerprint density at radius 2 is 2.06 bits per heavy atom. The molecule has 2 aromatic rings. The quantitative estimate of drug-likeness (QED) is 0.810. The minimum atomic E-state index is -0.771. The monoisotopic (exact) mass is 235 g/mol. The average molecular weight is 235 g/mol. The van der Waals surface area contributed by atoms with Gasteiger partial charge in [-0.15, -0.1) is 0 Å². The van der Waals surface area contributed by atoms with E-state index in [0.717, 1.165) is 18.5 Å². The lowest BCUT2D eigenvalue weighted by atomic mass is 10.2. The highest BCUT2D eigenvalue weighted by Crippen LogP contribution is 2.12. The number of nitrogens with zero attached hydrogens (tertiary/aromatic N) is 2. The predicted octanol–water partition coefficient (Wildman–Crippen LogP) is 2.01. The Labute approximate surface area is 95.3 Å². The summed E-state index contributed by atoms with van der Waals surface area (Å²) in [5.41, 5.74) is 0.0518. The van der Waals surface area contributed by atoms with Gasteiger partial charge in [-0.3, -0.25) is 9.78 Å². The molecule has 0 fully saturated rings. The largest absolute Gasteiger partial charge is 0.319 e. The van der Waals surface area contributed by atoms with Crippen LogP contribution in [0.3, 0.4) is 0 Å². The number of halogens is 2. The van der Waals surface area contributed by atoms with Gasteiger partial charge in [0.25, 0.3) is 5.91 Å². The number of anilines is 1. The van der Waals surface area contributed by atoms with Crippen molar-refractivity contribution in [2.24, 2.45) is 0 Å². The van der Waals surface area contributed by atoms with Crippen molar-refractivity contribution in [3.8, 4) is 0 Å². The van der Waals surface area contributed by atoms with E-state index in [1.54, 1.807) is 0 Å². The van der Waals surface area contributed by atoms with Crippen LogP contribution in [0.4, 0.5) is 14.5 Å². The molecule has 6 heteroatoms. The fourth-order valence-electron chi connectivity index (χ4n) is 1.21. The maximum atomic E-state index is 13.2. The second kappa shape index (κ2) is 4.65. The summed E-state index contributed by atoms with van der Waals surface area (Å²) in [6, 6.07) is 3.61. The number of carbonyl (C=O) groups is 1. The molecule has 0 atom stereocenters. The van der Waals surface area contributed by atoms with E-state index in [1.165, 1.54) is 18.3 Å². The molecule has 0 bridgehead atoms. The molecule has 86 valence electrons. The number of pyridine rings is 2. The van der Waals surface area contributed by atoms with Gasteiger partial charge in [0.05, 0.1) is 11.9 Å². The van der Waals surface area contributed by atoms with E-state index in [2.05, 4.69) is 15.3 Å². The van der Waals surface area contributed by atoms with Crippen molar-refractivity contribution in [3.05, 3.63) is 54.1 Å². The lowest BCUT2D eigenvalue weighted by Gasteiger charge is -2.05. The van der Waals surface area contributed by atoms with E-state index in [1.807, 2.05) is 0 Å². The average Bonchev–Trinajstić information content (AvgIpc) is 2.32. The third kappa shape index (κ3) is 2.60. The Bertz CT molecular complexity index is 560. The number of amides is 1. The summed E-state index contributed by atoms with van der Waals surface area (Å²) in [7, 11) is 0. The van der Waals surface area contributed by atoms with Gasteiger partial charge in [-0.05, 0) is 12.1 Å². The van der Waals surface area contributed by atoms with Gasteiger partial charge in [0.1, 0.15) is 0 Å². The summed E-state index contributed by atoms with van der Waals surface area (Å²) in [5, 5.41) is 2.31. The lowest BCUT2D eigenvalue weighted by molar-refractivity contribution is 0.102. The molecule has 0 saturated carbocycles. The molecule has 2 aromatic heterocycles. The van der Waals surface area contributed by atoms with E-state index in [4.69, 9.17) is 0 Å². The van der Waals surface area contributed by atoms with Gasteiger partial charge in [0.15, 0.2) is 5.82 Å². The number of aromatic nitrogens is 2. The van der Waals surface area contributed by atoms with Crippen LogP contribution in [0.15, 0.2) is 36.8 Å². The van der Waals surface area contributed by atoms with Gasteiger partial charge in [-0.1, -0.05) is 0 Å². The zero-order valence-electron chi connectivity index (χ0n) is 8.52. The highest BCUT2D eigenvalue weighted by molar-refractivity contribution is 6.04. The van der Waals surface area contributed by atoms with Crippen LogP contribution >= 0.6 is 0 Å². The van der Waals surface area contributed by atoms with Gasteiger partial charge in [-0.25, -0.2) is 9.37 Å². The molecule has 0 radical (unpaired) electrons. The first-order chi connectivity index (χ1) is 8.16. The fourth-order valence-corrected chi connectivity index (χ4v) is 1.21. The van der Waals surface area contributed by atoms with Crippen LogP contribution < -0.4 is 5.32 Å². The van der Waals surface area contributed by atoms with Gasteiger partial charge < -0.3 is 5.32 Å². The first-order valence-corrected chi connectivity index (χ1v) is 4.69. The SMILES string of the molecule is O=C(Nc1ccncc1F)c1ccnc(F)c1. The molecule has 2 rings (SSSR count). The molecule has 0 spiro atoms. The molecule has 0 aliphatic rings. The number of rotatable bonds is 2. The number of hydrogen-bond acceptors (Lipinski definition) is 3. The van der Waals surface area contributed by atoms with Crippen molar-refractivity contribution in [1.29, 1.82) is 0 Å². The topological polar surface area (TPSA) is 54.9 Å². The zero-order chi connectivity index (χ0) is 12.3. The Morgan fingerprint density at radius 1 is 1.24 bits per heavy atom. The summed E-state index contributed by atoms with van der Waals surface area (Å²) in [6.45, 7) is 0. The van der Waals surface area contributed by atoms with Crippen LogP contribution in [0.5, 0.6) is 0 Å². The highest BCUT2D eigenvalue weighted by atomic mass is 19.1. The zero-order valence-corrected chi connectivity index (χ0v) is 8.52. The van der Waals surface area contributed by atoms with Crippen molar-refractivity contribution in [3.63, 3.8) is 0 Å². The molecule has 1 N–H and O–H groups in total. The molecule has 0 aliphatic heterocycles. The van der Waals surface area contributed by atoms with Crippen molar-refractivity contribution in [1.82, 2.24) is 9.97 Å². The number of carbonyl (C=O) groups excluding carboxylic acids is 1. The first kappa shape index (κ1) is 11.1. The Balaban J connectivity index is 2.20. The summed E-state index contributed by atoms with van der Waals surface area (Å²) in [6.07, 6.45) is 3.47. The van der Waals surface area contributed by atoms with Gasteiger partial charge in [0, 0.05) is 24.0 Å². The molecule has 1 amide bonds. The first-order valence-electron chi connectivity index (χ1n) is 4.69. The molecule has 17 heavy (non-hydrogen) atoms.